The van der Waals surface area contributed by atoms with Gasteiger partial charge in [-0.25, -0.2) is 4.79 Å². The van der Waals surface area contributed by atoms with Gasteiger partial charge in [-0.15, -0.1) is 0 Å². The Balaban J connectivity index is 1.55. The Kier molecular flexibility index (Phi) is 4.31. The van der Waals surface area contributed by atoms with Gasteiger partial charge in [-0.3, -0.25) is 4.90 Å². The van der Waals surface area contributed by atoms with Crippen molar-refractivity contribution in [2.24, 2.45) is 0 Å². The highest BCUT2D eigenvalue weighted by Gasteiger charge is 2.26. The molecule has 1 aliphatic rings. The van der Waals surface area contributed by atoms with Crippen LogP contribution in [0.15, 0.2) is 34.9 Å². The van der Waals surface area contributed by atoms with E-state index in [0.29, 0.717) is 0 Å². The monoisotopic (exact) mass is 316 g/mol. The number of nitrogens with one attached hydrogen (secondary N) is 1. The summed E-state index contributed by atoms with van der Waals surface area (Å²) >= 11 is 0. The van der Waals surface area contributed by atoms with Crippen LogP contribution in [-0.2, 0) is 11.3 Å². The highest BCUT2D eigenvalue weighted by atomic mass is 16.6. The summed E-state index contributed by atoms with van der Waals surface area (Å²) in [6.07, 6.45) is 2.44. The van der Waals surface area contributed by atoms with Crippen LogP contribution < -0.4 is 5.32 Å². The Morgan fingerprint density at radius 2 is 2.17 bits per heavy atom. The number of likely N-dealkylation sites (tertiary alicyclic amines) is 1. The number of fused-ring (bicyclic) bond motifs is 1. The van der Waals surface area contributed by atoms with E-state index in [1.54, 1.807) is 0 Å². The number of hydrogen-bond acceptors (Lipinski definition) is 4. The second-order valence-corrected chi connectivity index (χ2v) is 7.12. The zero-order chi connectivity index (χ0) is 16.4. The lowest BCUT2D eigenvalue weighted by Crippen LogP contribution is -2.40. The number of carbonyl (C=O) groups excluding carboxylic acids is 1. The lowest BCUT2D eigenvalue weighted by Gasteiger charge is -2.22. The molecule has 0 unspecified atom stereocenters. The van der Waals surface area contributed by atoms with Crippen LogP contribution in [0.25, 0.3) is 11.0 Å². The first kappa shape index (κ1) is 15.9. The van der Waals surface area contributed by atoms with E-state index in [4.69, 9.17) is 9.15 Å². The van der Waals surface area contributed by atoms with Crippen molar-refractivity contribution in [2.75, 3.05) is 13.1 Å². The third kappa shape index (κ3) is 4.05. The molecular formula is C18H24N2O3. The number of alkyl carbamates (subject to hydrolysis) is 1. The maximum absolute atomic E-state index is 11.8. The van der Waals surface area contributed by atoms with Gasteiger partial charge in [0.15, 0.2) is 0 Å². The van der Waals surface area contributed by atoms with E-state index in [1.807, 2.05) is 45.2 Å². The van der Waals surface area contributed by atoms with Gasteiger partial charge in [0.1, 0.15) is 11.2 Å². The first-order valence-electron chi connectivity index (χ1n) is 8.08. The van der Waals surface area contributed by atoms with Crippen molar-refractivity contribution in [3.63, 3.8) is 0 Å². The second-order valence-electron chi connectivity index (χ2n) is 7.12. The van der Waals surface area contributed by atoms with E-state index in [0.717, 1.165) is 37.0 Å². The number of hydrogen-bond donors (Lipinski definition) is 1. The average Bonchev–Trinajstić information content (AvgIpc) is 3.05. The fraction of sp³-hybridized carbons (Fsp3) is 0.500. The van der Waals surface area contributed by atoms with Crippen LogP contribution in [0.4, 0.5) is 4.79 Å². The van der Waals surface area contributed by atoms with E-state index in [9.17, 15) is 4.79 Å². The van der Waals surface area contributed by atoms with Crippen LogP contribution in [0, 0.1) is 0 Å². The summed E-state index contributed by atoms with van der Waals surface area (Å²) in [6, 6.07) is 8.21. The summed E-state index contributed by atoms with van der Waals surface area (Å²) in [5.74, 6) is 0. The molecular weight excluding hydrogens is 292 g/mol. The molecule has 1 N–H and O–H groups in total. The van der Waals surface area contributed by atoms with Crippen molar-refractivity contribution in [2.45, 2.75) is 45.4 Å². The Morgan fingerprint density at radius 1 is 1.39 bits per heavy atom. The van der Waals surface area contributed by atoms with Gasteiger partial charge in [0.25, 0.3) is 0 Å². The van der Waals surface area contributed by atoms with E-state index in [1.165, 1.54) is 5.56 Å². The Morgan fingerprint density at radius 3 is 2.96 bits per heavy atom. The summed E-state index contributed by atoms with van der Waals surface area (Å²) in [5, 5.41) is 4.12. The minimum absolute atomic E-state index is 0.142. The van der Waals surface area contributed by atoms with E-state index in [2.05, 4.69) is 16.3 Å². The first-order valence-corrected chi connectivity index (χ1v) is 8.08. The SMILES string of the molecule is CC(C)(C)OC(=O)N[C@H]1CCN(Cc2coc3ccccc23)C1. The van der Waals surface area contributed by atoms with Crippen LogP contribution in [0.2, 0.25) is 0 Å². The number of amides is 1. The summed E-state index contributed by atoms with van der Waals surface area (Å²) in [7, 11) is 0. The molecule has 0 radical (unpaired) electrons. The average molecular weight is 316 g/mol. The van der Waals surface area contributed by atoms with E-state index < -0.39 is 5.60 Å². The topological polar surface area (TPSA) is 54.7 Å². The van der Waals surface area contributed by atoms with Gasteiger partial charge in [0.05, 0.1) is 6.26 Å². The van der Waals surface area contributed by atoms with Crippen molar-refractivity contribution in [3.8, 4) is 0 Å². The minimum Gasteiger partial charge on any atom is -0.464 e. The molecule has 0 saturated carbocycles. The fourth-order valence-corrected chi connectivity index (χ4v) is 2.96. The summed E-state index contributed by atoms with van der Waals surface area (Å²) in [5.41, 5.74) is 1.65. The zero-order valence-electron chi connectivity index (χ0n) is 14.0. The number of ether oxygens (including phenoxy) is 1. The molecule has 1 fully saturated rings. The van der Waals surface area contributed by atoms with Crippen LogP contribution >= 0.6 is 0 Å². The van der Waals surface area contributed by atoms with Gasteiger partial charge in [-0.1, -0.05) is 18.2 Å². The van der Waals surface area contributed by atoms with Crippen LogP contribution in [0.1, 0.15) is 32.8 Å². The molecule has 1 aromatic carbocycles. The lowest BCUT2D eigenvalue weighted by molar-refractivity contribution is 0.0505. The van der Waals surface area contributed by atoms with E-state index >= 15 is 0 Å². The fourth-order valence-electron chi connectivity index (χ4n) is 2.96. The molecule has 3 rings (SSSR count). The predicted octanol–water partition coefficient (Wildman–Crippen LogP) is 3.53. The summed E-state index contributed by atoms with van der Waals surface area (Å²) < 4.78 is 10.9. The predicted molar refractivity (Wildman–Crippen MR) is 89.3 cm³/mol. The van der Waals surface area contributed by atoms with Crippen molar-refractivity contribution in [1.29, 1.82) is 0 Å². The third-order valence-electron chi connectivity index (χ3n) is 3.95. The molecule has 1 atom stereocenters. The first-order chi connectivity index (χ1) is 10.9. The van der Waals surface area contributed by atoms with Crippen molar-refractivity contribution < 1.29 is 13.9 Å². The highest BCUT2D eigenvalue weighted by molar-refractivity contribution is 5.80. The zero-order valence-corrected chi connectivity index (χ0v) is 14.0. The van der Waals surface area contributed by atoms with Gasteiger partial charge in [0.2, 0.25) is 0 Å². The maximum atomic E-state index is 11.8. The van der Waals surface area contributed by atoms with Gasteiger partial charge >= 0.3 is 6.09 Å². The Hall–Kier alpha value is -2.01. The molecule has 1 aromatic heterocycles. The number of carbonyl (C=O) groups is 1. The molecule has 1 saturated heterocycles. The molecule has 0 aliphatic carbocycles. The van der Waals surface area contributed by atoms with Gasteiger partial charge in [-0.2, -0.15) is 0 Å². The molecule has 23 heavy (non-hydrogen) atoms. The molecule has 0 spiro atoms. The third-order valence-corrected chi connectivity index (χ3v) is 3.95. The lowest BCUT2D eigenvalue weighted by atomic mass is 10.2. The molecule has 5 nitrogen and oxygen atoms in total. The standard InChI is InChI=1S/C18H24N2O3/c1-18(2,3)23-17(21)19-14-8-9-20(11-14)10-13-12-22-16-7-5-4-6-15(13)16/h4-7,12,14H,8-11H2,1-3H3,(H,19,21)/t14-/m0/s1. The smallest absolute Gasteiger partial charge is 0.407 e. The molecule has 0 bridgehead atoms. The Labute approximate surface area is 136 Å². The summed E-state index contributed by atoms with van der Waals surface area (Å²) in [6.45, 7) is 8.24. The maximum Gasteiger partial charge on any atom is 0.407 e. The largest absolute Gasteiger partial charge is 0.464 e. The number of furan rings is 1. The number of nitrogens with zero attached hydrogens (tertiary/aromatic N) is 1. The van der Waals surface area contributed by atoms with Crippen LogP contribution in [-0.4, -0.2) is 35.7 Å². The van der Waals surface area contributed by atoms with Gasteiger partial charge < -0.3 is 14.5 Å². The quantitative estimate of drug-likeness (QED) is 0.941. The molecule has 2 heterocycles. The van der Waals surface area contributed by atoms with Crippen LogP contribution in [0.5, 0.6) is 0 Å². The highest BCUT2D eigenvalue weighted by Crippen LogP contribution is 2.23. The van der Waals surface area contributed by atoms with Crippen molar-refractivity contribution in [1.82, 2.24) is 10.2 Å². The second kappa shape index (κ2) is 6.24. The minimum atomic E-state index is -0.460. The molecule has 124 valence electrons. The Bertz CT molecular complexity index is 687. The number of para-hydroxylation sites is 1. The number of rotatable bonds is 3. The molecule has 2 aromatic rings. The van der Waals surface area contributed by atoms with Crippen LogP contribution in [0.3, 0.4) is 0 Å². The molecule has 5 heteroatoms. The summed E-state index contributed by atoms with van der Waals surface area (Å²) in [4.78, 5) is 14.2. The molecule has 1 aliphatic heterocycles. The van der Waals surface area contributed by atoms with Gasteiger partial charge in [0, 0.05) is 36.6 Å². The van der Waals surface area contributed by atoms with Crippen molar-refractivity contribution in [3.05, 3.63) is 36.1 Å². The van der Waals surface area contributed by atoms with E-state index in [-0.39, 0.29) is 12.1 Å². The normalized spacial score (nSPS) is 19.2. The number of benzene rings is 1. The van der Waals surface area contributed by atoms with Crippen molar-refractivity contribution >= 4 is 17.1 Å². The van der Waals surface area contributed by atoms with Gasteiger partial charge in [-0.05, 0) is 33.3 Å². The molecule has 1 amide bonds.